The van der Waals surface area contributed by atoms with Crippen molar-refractivity contribution >= 4 is 27.5 Å². The maximum Gasteiger partial charge on any atom is 0.254 e. The fourth-order valence-electron chi connectivity index (χ4n) is 2.90. The zero-order valence-electron chi connectivity index (χ0n) is 17.9. The van der Waals surface area contributed by atoms with Crippen LogP contribution in [0.15, 0.2) is 41.3 Å². The standard InChI is InChI=1S/C21H25F2N3O5S/c1-4-26(5-2)32(29,30)19-12-15(8-10-18(19)31-6-3)25-20(27)13-24-21(28)16-9-7-14(22)11-17(16)23/h7-12H,4-6,13H2,1-3H3,(H,24,28)(H,25,27). The lowest BCUT2D eigenvalue weighted by Crippen LogP contribution is -2.33. The molecule has 0 heterocycles. The van der Waals surface area contributed by atoms with Gasteiger partial charge in [0.1, 0.15) is 22.3 Å². The van der Waals surface area contributed by atoms with Crippen LogP contribution in [0, 0.1) is 11.6 Å². The Hall–Kier alpha value is -3.05. The Bertz CT molecular complexity index is 1090. The molecular weight excluding hydrogens is 444 g/mol. The van der Waals surface area contributed by atoms with Crippen molar-refractivity contribution in [2.45, 2.75) is 25.7 Å². The lowest BCUT2D eigenvalue weighted by atomic mass is 10.2. The summed E-state index contributed by atoms with van der Waals surface area (Å²) in [7, 11) is -3.87. The number of nitrogens with zero attached hydrogens (tertiary/aromatic N) is 1. The molecule has 0 radical (unpaired) electrons. The van der Waals surface area contributed by atoms with Gasteiger partial charge in [-0.25, -0.2) is 17.2 Å². The molecule has 0 fully saturated rings. The van der Waals surface area contributed by atoms with Gasteiger partial charge >= 0.3 is 0 Å². The lowest BCUT2D eigenvalue weighted by molar-refractivity contribution is -0.115. The van der Waals surface area contributed by atoms with Gasteiger partial charge in [-0.3, -0.25) is 9.59 Å². The topological polar surface area (TPSA) is 105 Å². The predicted molar refractivity (Wildman–Crippen MR) is 115 cm³/mol. The number of hydrogen-bond donors (Lipinski definition) is 2. The van der Waals surface area contributed by atoms with E-state index in [1.807, 2.05) is 0 Å². The molecule has 0 bridgehead atoms. The van der Waals surface area contributed by atoms with Gasteiger partial charge in [0.05, 0.1) is 18.7 Å². The number of anilines is 1. The van der Waals surface area contributed by atoms with E-state index < -0.39 is 45.6 Å². The minimum absolute atomic E-state index is 0.0988. The van der Waals surface area contributed by atoms with Gasteiger partial charge in [-0.2, -0.15) is 4.31 Å². The number of hydrogen-bond acceptors (Lipinski definition) is 5. The Labute approximate surface area is 185 Å². The third-order valence-electron chi connectivity index (χ3n) is 4.44. The first-order chi connectivity index (χ1) is 15.1. The van der Waals surface area contributed by atoms with Gasteiger partial charge in [0.25, 0.3) is 5.91 Å². The highest BCUT2D eigenvalue weighted by Gasteiger charge is 2.26. The lowest BCUT2D eigenvalue weighted by Gasteiger charge is -2.21. The maximum absolute atomic E-state index is 13.7. The van der Waals surface area contributed by atoms with Gasteiger partial charge in [-0.1, -0.05) is 13.8 Å². The Kier molecular flexibility index (Phi) is 8.67. The molecule has 2 aromatic carbocycles. The molecule has 0 aromatic heterocycles. The van der Waals surface area contributed by atoms with Crippen LogP contribution in [-0.2, 0) is 14.8 Å². The largest absolute Gasteiger partial charge is 0.492 e. The number of amides is 2. The van der Waals surface area contributed by atoms with E-state index in [1.54, 1.807) is 20.8 Å². The van der Waals surface area contributed by atoms with E-state index in [1.165, 1.54) is 22.5 Å². The minimum atomic E-state index is -3.87. The molecule has 0 spiro atoms. The molecule has 0 unspecified atom stereocenters. The molecule has 2 rings (SSSR count). The zero-order valence-corrected chi connectivity index (χ0v) is 18.8. The summed E-state index contributed by atoms with van der Waals surface area (Å²) in [5, 5.41) is 4.71. The van der Waals surface area contributed by atoms with Crippen molar-refractivity contribution in [3.8, 4) is 5.75 Å². The highest BCUT2D eigenvalue weighted by Crippen LogP contribution is 2.30. The fraction of sp³-hybridized carbons (Fsp3) is 0.333. The van der Waals surface area contributed by atoms with Crippen LogP contribution in [0.2, 0.25) is 0 Å². The average Bonchev–Trinajstić information content (AvgIpc) is 2.74. The van der Waals surface area contributed by atoms with Gasteiger partial charge in [0, 0.05) is 24.8 Å². The van der Waals surface area contributed by atoms with Crippen LogP contribution in [0.1, 0.15) is 31.1 Å². The average molecular weight is 470 g/mol. The Balaban J connectivity index is 2.16. The Morgan fingerprint density at radius 1 is 1.03 bits per heavy atom. The zero-order chi connectivity index (χ0) is 23.9. The molecule has 8 nitrogen and oxygen atoms in total. The van der Waals surface area contributed by atoms with Gasteiger partial charge in [-0.15, -0.1) is 0 Å². The van der Waals surface area contributed by atoms with Crippen LogP contribution >= 0.6 is 0 Å². The first-order valence-electron chi connectivity index (χ1n) is 9.94. The molecule has 32 heavy (non-hydrogen) atoms. The second kappa shape index (κ2) is 11.0. The van der Waals surface area contributed by atoms with E-state index in [4.69, 9.17) is 4.74 Å². The smallest absolute Gasteiger partial charge is 0.254 e. The summed E-state index contributed by atoms with van der Waals surface area (Å²) < 4.78 is 59.3. The van der Waals surface area contributed by atoms with Gasteiger partial charge in [-0.05, 0) is 37.3 Å². The number of halogens is 2. The van der Waals surface area contributed by atoms with Gasteiger partial charge < -0.3 is 15.4 Å². The van der Waals surface area contributed by atoms with Crippen molar-refractivity contribution in [1.82, 2.24) is 9.62 Å². The number of carbonyl (C=O) groups excluding carboxylic acids is 2. The van der Waals surface area contributed by atoms with E-state index >= 15 is 0 Å². The van der Waals surface area contributed by atoms with Crippen molar-refractivity contribution in [3.63, 3.8) is 0 Å². The summed E-state index contributed by atoms with van der Waals surface area (Å²) >= 11 is 0. The number of benzene rings is 2. The Morgan fingerprint density at radius 3 is 2.31 bits per heavy atom. The second-order valence-corrected chi connectivity index (χ2v) is 8.45. The summed E-state index contributed by atoms with van der Waals surface area (Å²) in [5.41, 5.74) is -0.237. The summed E-state index contributed by atoms with van der Waals surface area (Å²) in [6, 6.07) is 6.63. The monoisotopic (exact) mass is 469 g/mol. The van der Waals surface area contributed by atoms with Crippen molar-refractivity contribution < 1.29 is 31.5 Å². The van der Waals surface area contributed by atoms with E-state index in [-0.39, 0.29) is 36.0 Å². The third-order valence-corrected chi connectivity index (χ3v) is 6.51. The molecule has 0 atom stereocenters. The molecule has 174 valence electrons. The highest BCUT2D eigenvalue weighted by atomic mass is 32.2. The van der Waals surface area contributed by atoms with E-state index in [9.17, 15) is 26.8 Å². The molecule has 0 saturated carbocycles. The van der Waals surface area contributed by atoms with E-state index in [0.717, 1.165) is 12.1 Å². The number of rotatable bonds is 10. The van der Waals surface area contributed by atoms with Crippen molar-refractivity contribution in [2.24, 2.45) is 0 Å². The van der Waals surface area contributed by atoms with Crippen LogP contribution < -0.4 is 15.4 Å². The summed E-state index contributed by atoms with van der Waals surface area (Å²) in [4.78, 5) is 24.2. The van der Waals surface area contributed by atoms with Crippen molar-refractivity contribution in [1.29, 1.82) is 0 Å². The van der Waals surface area contributed by atoms with Crippen LogP contribution in [0.5, 0.6) is 5.75 Å². The number of ether oxygens (including phenoxy) is 1. The molecule has 2 N–H and O–H groups in total. The summed E-state index contributed by atoms with van der Waals surface area (Å²) in [5.74, 6) is -3.30. The Morgan fingerprint density at radius 2 is 1.72 bits per heavy atom. The highest BCUT2D eigenvalue weighted by molar-refractivity contribution is 7.89. The quantitative estimate of drug-likeness (QED) is 0.557. The number of sulfonamides is 1. The molecule has 0 aliphatic rings. The maximum atomic E-state index is 13.7. The second-order valence-electron chi connectivity index (χ2n) is 6.54. The van der Waals surface area contributed by atoms with Crippen LogP contribution in [0.25, 0.3) is 0 Å². The van der Waals surface area contributed by atoms with Crippen molar-refractivity contribution in [2.75, 3.05) is 31.6 Å². The van der Waals surface area contributed by atoms with Gasteiger partial charge in [0.15, 0.2) is 0 Å². The first-order valence-corrected chi connectivity index (χ1v) is 11.4. The molecular formula is C21H25F2N3O5S. The van der Waals surface area contributed by atoms with Crippen LogP contribution in [0.4, 0.5) is 14.5 Å². The first kappa shape index (κ1) is 25.2. The molecule has 0 aliphatic heterocycles. The third kappa shape index (κ3) is 6.01. The van der Waals surface area contributed by atoms with Crippen molar-refractivity contribution in [3.05, 3.63) is 53.6 Å². The van der Waals surface area contributed by atoms with E-state index in [2.05, 4.69) is 10.6 Å². The van der Waals surface area contributed by atoms with Crippen LogP contribution in [0.3, 0.4) is 0 Å². The number of nitrogens with one attached hydrogen (secondary N) is 2. The molecule has 2 aromatic rings. The number of carbonyl (C=O) groups is 2. The summed E-state index contributed by atoms with van der Waals surface area (Å²) in [6.07, 6.45) is 0. The molecule has 0 aliphatic carbocycles. The normalized spacial score (nSPS) is 11.3. The van der Waals surface area contributed by atoms with Crippen LogP contribution in [-0.4, -0.2) is 50.8 Å². The molecule has 0 saturated heterocycles. The summed E-state index contributed by atoms with van der Waals surface area (Å²) in [6.45, 7) is 5.38. The van der Waals surface area contributed by atoms with Gasteiger partial charge in [0.2, 0.25) is 15.9 Å². The van der Waals surface area contributed by atoms with E-state index in [0.29, 0.717) is 6.07 Å². The molecule has 2 amide bonds. The molecule has 11 heteroatoms. The fourth-order valence-corrected chi connectivity index (χ4v) is 4.51. The minimum Gasteiger partial charge on any atom is -0.492 e. The predicted octanol–water partition coefficient (Wildman–Crippen LogP) is 2.76. The SMILES string of the molecule is CCOc1ccc(NC(=O)CNC(=O)c2ccc(F)cc2F)cc1S(=O)(=O)N(CC)CC.